The summed E-state index contributed by atoms with van der Waals surface area (Å²) in [4.78, 5) is 0.191. The lowest BCUT2D eigenvalue weighted by Crippen LogP contribution is -2.25. The Morgan fingerprint density at radius 3 is 1.44 bits per heavy atom. The van der Waals surface area contributed by atoms with Gasteiger partial charge in [0.1, 0.15) is 4.90 Å². The fourth-order valence-electron chi connectivity index (χ4n) is 2.71. The molecule has 0 aliphatic rings. The summed E-state index contributed by atoms with van der Waals surface area (Å²) in [6, 6.07) is 0. The van der Waals surface area contributed by atoms with E-state index in [-0.39, 0.29) is 4.90 Å². The summed E-state index contributed by atoms with van der Waals surface area (Å²) >= 11 is 17.0. The van der Waals surface area contributed by atoms with Gasteiger partial charge in [-0.2, -0.15) is 0 Å². The van der Waals surface area contributed by atoms with Crippen molar-refractivity contribution in [3.63, 3.8) is 0 Å². The van der Waals surface area contributed by atoms with Gasteiger partial charge in [0.15, 0.2) is 0 Å². The van der Waals surface area contributed by atoms with Crippen molar-refractivity contribution in [2.45, 2.75) is 76.0 Å². The predicted octanol–water partition coefficient (Wildman–Crippen LogP) is 8.70. The molecule has 1 aromatic carbocycles. The van der Waals surface area contributed by atoms with Crippen LogP contribution in [0.5, 0.6) is 0 Å². The number of hydrogen-bond donors (Lipinski definition) is 1. The molecular formula is C18H26Br5NO2S. The molecule has 0 fully saturated rings. The summed E-state index contributed by atoms with van der Waals surface area (Å²) in [5.74, 6) is 0. The number of sulfonamides is 1. The van der Waals surface area contributed by atoms with Crippen LogP contribution < -0.4 is 4.72 Å². The minimum Gasteiger partial charge on any atom is -0.211 e. The van der Waals surface area contributed by atoms with Crippen molar-refractivity contribution in [2.24, 2.45) is 0 Å². The third-order valence-electron chi connectivity index (χ3n) is 4.26. The Kier molecular flexibility index (Phi) is 13.5. The molecule has 1 N–H and O–H groups in total. The lowest BCUT2D eigenvalue weighted by Gasteiger charge is -2.14. The molecule has 0 spiro atoms. The molecule has 0 radical (unpaired) electrons. The number of hydrogen-bond acceptors (Lipinski definition) is 2. The molecule has 0 unspecified atom stereocenters. The van der Waals surface area contributed by atoms with Crippen LogP contribution >= 0.6 is 79.6 Å². The van der Waals surface area contributed by atoms with Gasteiger partial charge in [0.2, 0.25) is 10.0 Å². The molecule has 9 heteroatoms. The highest BCUT2D eigenvalue weighted by Gasteiger charge is 2.26. The number of rotatable bonds is 13. The molecule has 0 amide bonds. The van der Waals surface area contributed by atoms with Crippen LogP contribution in [0.1, 0.15) is 71.1 Å². The number of unbranched alkanes of at least 4 members (excludes halogenated alkanes) is 9. The maximum absolute atomic E-state index is 12.7. The molecule has 0 aromatic heterocycles. The zero-order valence-corrected chi connectivity index (χ0v) is 24.1. The summed E-state index contributed by atoms with van der Waals surface area (Å²) in [7, 11) is -3.62. The SMILES string of the molecule is CCCCCCCCCCCCNS(=O)(=O)c1c(Br)c(Br)c(Br)c(Br)c1Br. The maximum Gasteiger partial charge on any atom is 0.242 e. The van der Waals surface area contributed by atoms with E-state index in [0.717, 1.165) is 23.7 Å². The minimum absolute atomic E-state index is 0.191. The normalized spacial score (nSPS) is 11.9. The minimum atomic E-state index is -3.62. The van der Waals surface area contributed by atoms with E-state index in [0.29, 0.717) is 24.4 Å². The first-order valence-corrected chi connectivity index (χ1v) is 14.7. The van der Waals surface area contributed by atoms with Crippen molar-refractivity contribution in [1.82, 2.24) is 4.72 Å². The summed E-state index contributed by atoms with van der Waals surface area (Å²) in [5, 5.41) is 0. The number of benzene rings is 1. The van der Waals surface area contributed by atoms with Crippen molar-refractivity contribution in [1.29, 1.82) is 0 Å². The van der Waals surface area contributed by atoms with E-state index < -0.39 is 10.0 Å². The van der Waals surface area contributed by atoms with Gasteiger partial charge in [-0.05, 0) is 86.1 Å². The number of halogens is 5. The molecule has 0 saturated heterocycles. The molecule has 0 aliphatic carbocycles. The van der Waals surface area contributed by atoms with E-state index in [1.54, 1.807) is 0 Å². The van der Waals surface area contributed by atoms with Crippen molar-refractivity contribution >= 4 is 89.7 Å². The van der Waals surface area contributed by atoms with Crippen molar-refractivity contribution in [3.05, 3.63) is 22.4 Å². The lowest BCUT2D eigenvalue weighted by atomic mass is 10.1. The van der Waals surface area contributed by atoms with E-state index in [9.17, 15) is 8.42 Å². The first-order chi connectivity index (χ1) is 12.7. The Morgan fingerprint density at radius 1 is 0.630 bits per heavy atom. The smallest absolute Gasteiger partial charge is 0.211 e. The van der Waals surface area contributed by atoms with Crippen LogP contribution in [-0.2, 0) is 10.0 Å². The molecule has 27 heavy (non-hydrogen) atoms. The van der Waals surface area contributed by atoms with Gasteiger partial charge in [-0.3, -0.25) is 0 Å². The number of nitrogens with one attached hydrogen (secondary N) is 1. The Labute approximate surface area is 205 Å². The zero-order chi connectivity index (χ0) is 20.4. The van der Waals surface area contributed by atoms with Crippen molar-refractivity contribution in [3.8, 4) is 0 Å². The fraction of sp³-hybridized carbons (Fsp3) is 0.667. The van der Waals surface area contributed by atoms with E-state index in [1.165, 1.54) is 44.9 Å². The van der Waals surface area contributed by atoms with Crippen LogP contribution in [0.2, 0.25) is 0 Å². The molecule has 1 aromatic rings. The second-order valence-electron chi connectivity index (χ2n) is 6.48. The van der Waals surface area contributed by atoms with Crippen LogP contribution in [-0.4, -0.2) is 15.0 Å². The van der Waals surface area contributed by atoms with Gasteiger partial charge in [0.25, 0.3) is 0 Å². The summed E-state index contributed by atoms with van der Waals surface area (Å²) < 4.78 is 31.2. The highest BCUT2D eigenvalue weighted by molar-refractivity contribution is 9.15. The molecule has 3 nitrogen and oxygen atoms in total. The van der Waals surface area contributed by atoms with E-state index in [4.69, 9.17) is 0 Å². The van der Waals surface area contributed by atoms with Crippen molar-refractivity contribution < 1.29 is 8.42 Å². The standard InChI is InChI=1S/C18H26Br5NO2S/c1-2-3-4-5-6-7-8-9-10-11-12-24-27(25,26)18-16(22)14(20)13(19)15(21)17(18)23/h24H,2-12H2,1H3. The van der Waals surface area contributed by atoms with Gasteiger partial charge in [-0.1, -0.05) is 64.7 Å². The van der Waals surface area contributed by atoms with Crippen LogP contribution in [0, 0.1) is 0 Å². The molecular weight excluding hydrogens is 694 g/mol. The summed E-state index contributed by atoms with van der Waals surface area (Å²) in [5.41, 5.74) is 0. The van der Waals surface area contributed by atoms with Gasteiger partial charge in [0.05, 0.1) is 8.95 Å². The molecule has 0 bridgehead atoms. The lowest BCUT2D eigenvalue weighted by molar-refractivity contribution is 0.548. The summed E-state index contributed by atoms with van der Waals surface area (Å²) in [6.45, 7) is 2.68. The Bertz CT molecular complexity index is 681. The monoisotopic (exact) mass is 715 g/mol. The average molecular weight is 720 g/mol. The van der Waals surface area contributed by atoms with Gasteiger partial charge in [-0.25, -0.2) is 13.1 Å². The molecule has 0 atom stereocenters. The molecule has 0 aliphatic heterocycles. The topological polar surface area (TPSA) is 46.2 Å². The Hall–Kier alpha value is 1.53. The van der Waals surface area contributed by atoms with Crippen LogP contribution in [0.3, 0.4) is 0 Å². The quantitative estimate of drug-likeness (QED) is 0.126. The van der Waals surface area contributed by atoms with Gasteiger partial charge >= 0.3 is 0 Å². The first-order valence-electron chi connectivity index (χ1n) is 9.25. The maximum atomic E-state index is 12.7. The predicted molar refractivity (Wildman–Crippen MR) is 132 cm³/mol. The second kappa shape index (κ2) is 13.8. The molecule has 156 valence electrons. The molecule has 0 saturated carbocycles. The van der Waals surface area contributed by atoms with Crippen LogP contribution in [0.4, 0.5) is 0 Å². The fourth-order valence-corrected chi connectivity index (χ4v) is 8.53. The van der Waals surface area contributed by atoms with Crippen LogP contribution in [0.25, 0.3) is 0 Å². The molecule has 0 heterocycles. The zero-order valence-electron chi connectivity index (χ0n) is 15.4. The third kappa shape index (κ3) is 8.66. The van der Waals surface area contributed by atoms with E-state index >= 15 is 0 Å². The molecule has 1 rings (SSSR count). The largest absolute Gasteiger partial charge is 0.242 e. The van der Waals surface area contributed by atoms with Crippen molar-refractivity contribution in [2.75, 3.05) is 6.54 Å². The van der Waals surface area contributed by atoms with Gasteiger partial charge in [0, 0.05) is 20.0 Å². The summed E-state index contributed by atoms with van der Waals surface area (Å²) in [6.07, 6.45) is 12.2. The highest BCUT2D eigenvalue weighted by Crippen LogP contribution is 2.46. The van der Waals surface area contributed by atoms with Crippen LogP contribution in [0.15, 0.2) is 27.3 Å². The average Bonchev–Trinajstić information content (AvgIpc) is 2.62. The Balaban J connectivity index is 2.41. The van der Waals surface area contributed by atoms with E-state index in [2.05, 4.69) is 91.3 Å². The third-order valence-corrected chi connectivity index (χ3v) is 12.4. The van der Waals surface area contributed by atoms with Gasteiger partial charge < -0.3 is 0 Å². The van der Waals surface area contributed by atoms with Gasteiger partial charge in [-0.15, -0.1) is 0 Å². The van der Waals surface area contributed by atoms with E-state index in [1.807, 2.05) is 0 Å². The first kappa shape index (κ1) is 26.6. The highest BCUT2D eigenvalue weighted by atomic mass is 79.9. The Morgan fingerprint density at radius 2 is 1.00 bits per heavy atom. The second-order valence-corrected chi connectivity index (χ2v) is 12.1.